The first kappa shape index (κ1) is 18.8. The quantitative estimate of drug-likeness (QED) is 0.805. The highest BCUT2D eigenvalue weighted by Gasteiger charge is 2.28. The second-order valence-corrected chi connectivity index (χ2v) is 5.57. The van der Waals surface area contributed by atoms with Gasteiger partial charge in [-0.15, -0.1) is 0 Å². The minimum absolute atomic E-state index is 0.0951. The third-order valence-corrected chi connectivity index (χ3v) is 3.40. The Morgan fingerprint density at radius 2 is 1.76 bits per heavy atom. The molecule has 0 aliphatic rings. The molecule has 2 aromatic carbocycles. The van der Waals surface area contributed by atoms with Gasteiger partial charge in [-0.05, 0) is 29.7 Å². The molecule has 25 heavy (non-hydrogen) atoms. The third-order valence-electron chi connectivity index (χ3n) is 3.40. The number of nitrogens with two attached hydrogens (primary N) is 1. The van der Waals surface area contributed by atoms with Crippen molar-refractivity contribution in [2.75, 3.05) is 6.61 Å². The summed E-state index contributed by atoms with van der Waals surface area (Å²) >= 11 is 0. The van der Waals surface area contributed by atoms with E-state index in [1.165, 1.54) is 12.1 Å². The van der Waals surface area contributed by atoms with Crippen molar-refractivity contribution >= 4 is 5.91 Å². The van der Waals surface area contributed by atoms with Crippen molar-refractivity contribution in [3.63, 3.8) is 0 Å². The van der Waals surface area contributed by atoms with Crippen LogP contribution in [0.15, 0.2) is 54.6 Å². The van der Waals surface area contributed by atoms with Crippen LogP contribution in [-0.2, 0) is 17.8 Å². The van der Waals surface area contributed by atoms with Gasteiger partial charge in [0.15, 0.2) is 6.61 Å². The molecule has 0 saturated carbocycles. The summed E-state index contributed by atoms with van der Waals surface area (Å²) in [5.41, 5.74) is 7.45. The van der Waals surface area contributed by atoms with Gasteiger partial charge in [-0.3, -0.25) is 4.79 Å². The average Bonchev–Trinajstić information content (AvgIpc) is 2.58. The Balaban J connectivity index is 1.84. The Morgan fingerprint density at radius 1 is 1.08 bits per heavy atom. The van der Waals surface area contributed by atoms with Crippen molar-refractivity contribution in [1.82, 2.24) is 5.32 Å². The molecular weight excluding hydrogens is 333 g/mol. The van der Waals surface area contributed by atoms with E-state index in [-0.39, 0.29) is 18.2 Å². The summed E-state index contributed by atoms with van der Waals surface area (Å²) in [5.74, 6) is -0.233. The lowest BCUT2D eigenvalue weighted by molar-refractivity contribution is -0.153. The smallest absolute Gasteiger partial charge is 0.422 e. The molecule has 0 aliphatic heterocycles. The van der Waals surface area contributed by atoms with Gasteiger partial charge in [-0.2, -0.15) is 13.2 Å². The van der Waals surface area contributed by atoms with Crippen LogP contribution in [0.1, 0.15) is 11.1 Å². The molecule has 1 atom stereocenters. The Kier molecular flexibility index (Phi) is 6.41. The van der Waals surface area contributed by atoms with Gasteiger partial charge in [0.05, 0.1) is 6.04 Å². The Morgan fingerprint density at radius 3 is 2.44 bits per heavy atom. The number of rotatable bonds is 7. The van der Waals surface area contributed by atoms with Crippen molar-refractivity contribution < 1.29 is 22.7 Å². The average molecular weight is 352 g/mol. The lowest BCUT2D eigenvalue weighted by Gasteiger charge is -2.13. The number of ether oxygens (including phenoxy) is 1. The summed E-state index contributed by atoms with van der Waals surface area (Å²) in [7, 11) is 0. The van der Waals surface area contributed by atoms with Crippen LogP contribution in [0.4, 0.5) is 13.2 Å². The van der Waals surface area contributed by atoms with Gasteiger partial charge in [-0.25, -0.2) is 0 Å². The van der Waals surface area contributed by atoms with Crippen LogP contribution in [0.3, 0.4) is 0 Å². The molecule has 134 valence electrons. The molecular formula is C18H19F3N2O2. The van der Waals surface area contributed by atoms with E-state index >= 15 is 0 Å². The zero-order valence-electron chi connectivity index (χ0n) is 13.4. The van der Waals surface area contributed by atoms with Crippen LogP contribution >= 0.6 is 0 Å². The summed E-state index contributed by atoms with van der Waals surface area (Å²) in [6.45, 7) is -1.20. The van der Waals surface area contributed by atoms with E-state index in [4.69, 9.17) is 5.73 Å². The van der Waals surface area contributed by atoms with E-state index in [1.54, 1.807) is 12.1 Å². The number of halogens is 3. The van der Waals surface area contributed by atoms with Crippen LogP contribution in [0.25, 0.3) is 0 Å². The number of amides is 1. The number of carbonyl (C=O) groups excluding carboxylic acids is 1. The van der Waals surface area contributed by atoms with E-state index in [9.17, 15) is 18.0 Å². The van der Waals surface area contributed by atoms with Crippen LogP contribution in [0, 0.1) is 0 Å². The number of carbonyl (C=O) groups is 1. The number of nitrogens with one attached hydrogen (secondary N) is 1. The first-order chi connectivity index (χ1) is 11.8. The summed E-state index contributed by atoms with van der Waals surface area (Å²) in [6, 6.07) is 14.8. The molecule has 1 unspecified atom stereocenters. The molecule has 2 aromatic rings. The molecule has 0 aromatic heterocycles. The normalized spacial score (nSPS) is 12.5. The maximum atomic E-state index is 12.2. The van der Waals surface area contributed by atoms with E-state index in [2.05, 4.69) is 10.1 Å². The molecule has 7 heteroatoms. The highest BCUT2D eigenvalue weighted by Crippen LogP contribution is 2.19. The van der Waals surface area contributed by atoms with Gasteiger partial charge in [0.1, 0.15) is 5.75 Å². The SMILES string of the molecule is NC(Cc1ccccc1)C(=O)NCc1cccc(OCC(F)(F)F)c1. The molecule has 0 radical (unpaired) electrons. The van der Waals surface area contributed by atoms with Crippen LogP contribution in [-0.4, -0.2) is 24.7 Å². The van der Waals surface area contributed by atoms with Gasteiger partial charge in [0, 0.05) is 6.54 Å². The molecule has 0 spiro atoms. The topological polar surface area (TPSA) is 64.4 Å². The van der Waals surface area contributed by atoms with Gasteiger partial charge in [-0.1, -0.05) is 42.5 Å². The molecule has 3 N–H and O–H groups in total. The largest absolute Gasteiger partial charge is 0.484 e. The predicted octanol–water partition coefficient (Wildman–Crippen LogP) is 2.81. The fraction of sp³-hybridized carbons (Fsp3) is 0.278. The van der Waals surface area contributed by atoms with Gasteiger partial charge in [0.2, 0.25) is 5.91 Å². The molecule has 0 saturated heterocycles. The van der Waals surface area contributed by atoms with Crippen molar-refractivity contribution in [3.05, 3.63) is 65.7 Å². The maximum Gasteiger partial charge on any atom is 0.422 e. The standard InChI is InChI=1S/C18H19F3N2O2/c19-18(20,21)12-25-15-8-4-7-14(9-15)11-23-17(24)16(22)10-13-5-2-1-3-6-13/h1-9,16H,10-12,22H2,(H,23,24). The zero-order valence-corrected chi connectivity index (χ0v) is 13.4. The molecule has 2 rings (SSSR count). The monoisotopic (exact) mass is 352 g/mol. The molecule has 0 fully saturated rings. The second-order valence-electron chi connectivity index (χ2n) is 5.57. The molecule has 1 amide bonds. The van der Waals surface area contributed by atoms with Crippen LogP contribution < -0.4 is 15.8 Å². The van der Waals surface area contributed by atoms with E-state index in [0.29, 0.717) is 12.0 Å². The first-order valence-corrected chi connectivity index (χ1v) is 7.69. The van der Waals surface area contributed by atoms with E-state index in [1.807, 2.05) is 30.3 Å². The lowest BCUT2D eigenvalue weighted by Crippen LogP contribution is -2.41. The van der Waals surface area contributed by atoms with Gasteiger partial charge < -0.3 is 15.8 Å². The van der Waals surface area contributed by atoms with Crippen LogP contribution in [0.2, 0.25) is 0 Å². The highest BCUT2D eigenvalue weighted by molar-refractivity contribution is 5.81. The minimum Gasteiger partial charge on any atom is -0.484 e. The fourth-order valence-corrected chi connectivity index (χ4v) is 2.19. The predicted molar refractivity (Wildman–Crippen MR) is 88.0 cm³/mol. The third kappa shape index (κ3) is 6.84. The maximum absolute atomic E-state index is 12.2. The number of benzene rings is 2. The van der Waals surface area contributed by atoms with Crippen molar-refractivity contribution in [3.8, 4) is 5.75 Å². The Hall–Kier alpha value is -2.54. The van der Waals surface area contributed by atoms with Gasteiger partial charge in [0.25, 0.3) is 0 Å². The molecule has 0 bridgehead atoms. The van der Waals surface area contributed by atoms with E-state index in [0.717, 1.165) is 5.56 Å². The highest BCUT2D eigenvalue weighted by atomic mass is 19.4. The summed E-state index contributed by atoms with van der Waals surface area (Å²) in [4.78, 5) is 12.0. The van der Waals surface area contributed by atoms with Crippen molar-refractivity contribution in [2.24, 2.45) is 5.73 Å². The lowest BCUT2D eigenvalue weighted by atomic mass is 10.1. The number of hydrogen-bond donors (Lipinski definition) is 2. The van der Waals surface area contributed by atoms with Crippen molar-refractivity contribution in [1.29, 1.82) is 0 Å². The van der Waals surface area contributed by atoms with Crippen LogP contribution in [0.5, 0.6) is 5.75 Å². The number of hydrogen-bond acceptors (Lipinski definition) is 3. The zero-order chi connectivity index (χ0) is 18.3. The molecule has 4 nitrogen and oxygen atoms in total. The Labute approximate surface area is 143 Å². The fourth-order valence-electron chi connectivity index (χ4n) is 2.19. The van der Waals surface area contributed by atoms with Crippen molar-refractivity contribution in [2.45, 2.75) is 25.2 Å². The first-order valence-electron chi connectivity index (χ1n) is 7.69. The number of alkyl halides is 3. The molecule has 0 aliphatic carbocycles. The van der Waals surface area contributed by atoms with E-state index < -0.39 is 18.8 Å². The Bertz CT molecular complexity index is 690. The summed E-state index contributed by atoms with van der Waals surface area (Å²) in [6.07, 6.45) is -3.99. The summed E-state index contributed by atoms with van der Waals surface area (Å²) < 4.78 is 41.2. The minimum atomic E-state index is -4.39. The summed E-state index contributed by atoms with van der Waals surface area (Å²) in [5, 5.41) is 2.68. The second kappa shape index (κ2) is 8.53. The molecule has 0 heterocycles. The van der Waals surface area contributed by atoms with Gasteiger partial charge >= 0.3 is 6.18 Å².